The molecule has 10 nitrogen and oxygen atoms in total. The molecule has 4 rings (SSSR count). The van der Waals surface area contributed by atoms with Crippen LogP contribution in [0.1, 0.15) is 92.0 Å². The smallest absolute Gasteiger partial charge is 0.303 e. The first-order valence-corrected chi connectivity index (χ1v) is 15.4. The molecule has 44 heavy (non-hydrogen) atoms. The van der Waals surface area contributed by atoms with E-state index in [1.807, 2.05) is 34.6 Å². The van der Waals surface area contributed by atoms with Crippen LogP contribution in [0.4, 0.5) is 0 Å². The number of aliphatic imine (C=N–C) groups is 2. The number of aromatic amines is 2. The first-order valence-electron chi connectivity index (χ1n) is 14.9. The van der Waals surface area contributed by atoms with Crippen molar-refractivity contribution in [1.82, 2.24) is 9.97 Å². The molecule has 0 saturated heterocycles. The first kappa shape index (κ1) is 32.9. The zero-order chi connectivity index (χ0) is 32.5. The van der Waals surface area contributed by atoms with Crippen molar-refractivity contribution in [2.24, 2.45) is 9.98 Å². The predicted octanol–water partition coefficient (Wildman–Crippen LogP) is 4.99. The molecule has 2 aliphatic heterocycles. The number of aliphatic carboxylic acids is 2. The van der Waals surface area contributed by atoms with Crippen molar-refractivity contribution in [3.8, 4) is 0 Å². The van der Waals surface area contributed by atoms with Gasteiger partial charge in [0.1, 0.15) is 0 Å². The summed E-state index contributed by atoms with van der Waals surface area (Å²) in [5.74, 6) is -2.29. The molecule has 2 aromatic heterocycles. The summed E-state index contributed by atoms with van der Waals surface area (Å²) < 4.78 is 0. The molecule has 234 valence electrons. The van der Waals surface area contributed by atoms with Gasteiger partial charge in [-0.3, -0.25) is 19.2 Å². The van der Waals surface area contributed by atoms with Crippen LogP contribution in [0.25, 0.3) is 0 Å². The third kappa shape index (κ3) is 6.72. The van der Waals surface area contributed by atoms with Crippen molar-refractivity contribution in [2.75, 3.05) is 0 Å². The average Bonchev–Trinajstić information content (AvgIpc) is 3.59. The van der Waals surface area contributed by atoms with Gasteiger partial charge in [0.15, 0.2) is 0 Å². The Morgan fingerprint density at radius 3 is 1.66 bits per heavy atom. The van der Waals surface area contributed by atoms with Gasteiger partial charge in [-0.05, 0) is 87.3 Å². The van der Waals surface area contributed by atoms with E-state index in [-0.39, 0.29) is 29.9 Å². The van der Waals surface area contributed by atoms with E-state index in [1.165, 1.54) is 0 Å². The fraction of sp³-hybridized carbons (Fsp3) is 0.455. The van der Waals surface area contributed by atoms with Crippen LogP contribution in [0.3, 0.4) is 0 Å². The number of rotatable bonds is 14. The SMILES string of the molecule is CCC1=C(C)C(Cc2[nH]c(Cc3[nH]c(CC4=NC(=O)C(C)=C4[C@@H](C)S)c(C)c3CCC(=O)O)c(CCC(=O)O)c2C)=NC1=O. The number of aromatic nitrogens is 2. The second kappa shape index (κ2) is 13.3. The lowest BCUT2D eigenvalue weighted by Crippen LogP contribution is -2.13. The van der Waals surface area contributed by atoms with Gasteiger partial charge in [-0.1, -0.05) is 6.92 Å². The minimum Gasteiger partial charge on any atom is -0.481 e. The number of nitrogens with one attached hydrogen (secondary N) is 2. The number of H-pyrrole nitrogens is 2. The van der Waals surface area contributed by atoms with E-state index < -0.39 is 11.9 Å². The Kier molecular flexibility index (Phi) is 9.98. The van der Waals surface area contributed by atoms with E-state index in [0.29, 0.717) is 61.1 Å². The molecule has 0 fully saturated rings. The van der Waals surface area contributed by atoms with Crippen molar-refractivity contribution in [1.29, 1.82) is 0 Å². The van der Waals surface area contributed by atoms with E-state index in [4.69, 9.17) is 0 Å². The van der Waals surface area contributed by atoms with Crippen LogP contribution in [0.2, 0.25) is 0 Å². The highest BCUT2D eigenvalue weighted by Crippen LogP contribution is 2.31. The van der Waals surface area contributed by atoms with Gasteiger partial charge < -0.3 is 20.2 Å². The molecule has 0 unspecified atom stereocenters. The van der Waals surface area contributed by atoms with Crippen LogP contribution < -0.4 is 0 Å². The van der Waals surface area contributed by atoms with Gasteiger partial charge in [0.05, 0.1) is 11.4 Å². The quantitative estimate of drug-likeness (QED) is 0.187. The van der Waals surface area contributed by atoms with Crippen LogP contribution >= 0.6 is 12.6 Å². The van der Waals surface area contributed by atoms with Gasteiger partial charge >= 0.3 is 11.9 Å². The highest BCUT2D eigenvalue weighted by atomic mass is 32.1. The van der Waals surface area contributed by atoms with E-state index in [0.717, 1.165) is 56.2 Å². The minimum absolute atomic E-state index is 0.0470. The third-order valence-electron chi connectivity index (χ3n) is 8.79. The topological polar surface area (TPSA) is 165 Å². The average molecular weight is 621 g/mol. The number of thiol groups is 1. The van der Waals surface area contributed by atoms with Crippen LogP contribution in [0.5, 0.6) is 0 Å². The van der Waals surface area contributed by atoms with E-state index in [9.17, 15) is 29.4 Å². The number of carboxylic acid groups (broad SMARTS) is 2. The Morgan fingerprint density at radius 2 is 1.23 bits per heavy atom. The normalized spacial score (nSPS) is 15.9. The summed E-state index contributed by atoms with van der Waals surface area (Å²) in [6.45, 7) is 11.4. The van der Waals surface area contributed by atoms with Crippen LogP contribution in [-0.4, -0.2) is 60.6 Å². The highest BCUT2D eigenvalue weighted by molar-refractivity contribution is 7.81. The molecule has 2 aliphatic rings. The number of carboxylic acids is 2. The number of amides is 2. The second-order valence-corrected chi connectivity index (χ2v) is 12.4. The number of allylic oxidation sites excluding steroid dienone is 1. The molecular weight excluding hydrogens is 580 g/mol. The van der Waals surface area contributed by atoms with E-state index >= 15 is 0 Å². The predicted molar refractivity (Wildman–Crippen MR) is 172 cm³/mol. The van der Waals surface area contributed by atoms with Gasteiger partial charge in [0.25, 0.3) is 11.8 Å². The summed E-state index contributed by atoms with van der Waals surface area (Å²) in [7, 11) is 0. The van der Waals surface area contributed by atoms with Gasteiger partial charge in [-0.15, -0.1) is 0 Å². The van der Waals surface area contributed by atoms with Gasteiger partial charge in [-0.25, -0.2) is 9.98 Å². The molecule has 11 heteroatoms. The zero-order valence-corrected chi connectivity index (χ0v) is 27.0. The second-order valence-electron chi connectivity index (χ2n) is 11.6. The summed E-state index contributed by atoms with van der Waals surface area (Å²) in [5, 5.41) is 18.8. The number of hydrogen-bond acceptors (Lipinski definition) is 5. The maximum Gasteiger partial charge on any atom is 0.303 e. The zero-order valence-electron chi connectivity index (χ0n) is 26.1. The number of hydrogen-bond donors (Lipinski definition) is 5. The Bertz CT molecular complexity index is 1680. The monoisotopic (exact) mass is 620 g/mol. The Labute approximate surface area is 262 Å². The number of carbonyl (C=O) groups is 4. The largest absolute Gasteiger partial charge is 0.481 e. The molecule has 0 saturated carbocycles. The summed E-state index contributed by atoms with van der Waals surface area (Å²) in [6.07, 6.45) is 2.31. The molecular formula is C33H40N4O6S. The molecule has 1 atom stereocenters. The molecule has 2 aromatic rings. The van der Waals surface area contributed by atoms with Crippen molar-refractivity contribution in [2.45, 2.75) is 98.2 Å². The minimum atomic E-state index is -0.907. The summed E-state index contributed by atoms with van der Waals surface area (Å²) in [4.78, 5) is 63.5. The fourth-order valence-corrected chi connectivity index (χ4v) is 6.65. The standard InChI is InChI=1S/C33H40N4O6S/c1-7-20-15(2)25(36-33(20)43)12-23-16(3)21(8-10-29(38)39)26(34-23)14-27-22(9-11-30(40)41)17(4)24(35-27)13-28-31(19(6)44)18(5)32(42)37-28/h19,34-35,44H,7-14H2,1-6H3,(H,38,39)(H,40,41)/t19-/m1/s1. The van der Waals surface area contributed by atoms with E-state index in [2.05, 4.69) is 32.6 Å². The van der Waals surface area contributed by atoms with Crippen molar-refractivity contribution < 1.29 is 29.4 Å². The molecule has 0 aliphatic carbocycles. The van der Waals surface area contributed by atoms with Crippen LogP contribution in [0.15, 0.2) is 32.3 Å². The van der Waals surface area contributed by atoms with Crippen LogP contribution in [0, 0.1) is 13.8 Å². The molecule has 0 bridgehead atoms. The van der Waals surface area contributed by atoms with Crippen molar-refractivity contribution in [3.63, 3.8) is 0 Å². The lowest BCUT2D eigenvalue weighted by atomic mass is 9.96. The van der Waals surface area contributed by atoms with Crippen LogP contribution in [-0.2, 0) is 51.3 Å². The van der Waals surface area contributed by atoms with Gasteiger partial charge in [-0.2, -0.15) is 12.6 Å². The third-order valence-corrected chi connectivity index (χ3v) is 9.04. The lowest BCUT2D eigenvalue weighted by molar-refractivity contribution is -0.138. The van der Waals surface area contributed by atoms with Crippen molar-refractivity contribution >= 4 is 47.8 Å². The molecule has 0 radical (unpaired) electrons. The highest BCUT2D eigenvalue weighted by Gasteiger charge is 2.29. The first-order chi connectivity index (χ1) is 20.7. The lowest BCUT2D eigenvalue weighted by Gasteiger charge is -2.11. The summed E-state index contributed by atoms with van der Waals surface area (Å²) in [5.41, 5.74) is 11.3. The molecule has 0 aromatic carbocycles. The fourth-order valence-electron chi connectivity index (χ4n) is 6.31. The van der Waals surface area contributed by atoms with Gasteiger partial charge in [0, 0.05) is 71.3 Å². The maximum atomic E-state index is 12.4. The Hall–Kier alpha value is -3.99. The number of carbonyl (C=O) groups excluding carboxylic acids is 2. The van der Waals surface area contributed by atoms with E-state index in [1.54, 1.807) is 6.92 Å². The molecule has 4 heterocycles. The number of nitrogens with zero attached hydrogens (tertiary/aromatic N) is 2. The maximum absolute atomic E-state index is 12.4. The Balaban J connectivity index is 1.74. The molecule has 2 amide bonds. The summed E-state index contributed by atoms with van der Waals surface area (Å²) >= 11 is 4.57. The molecule has 0 spiro atoms. The van der Waals surface area contributed by atoms with Gasteiger partial charge in [0.2, 0.25) is 0 Å². The molecule has 4 N–H and O–H groups in total. The summed E-state index contributed by atoms with van der Waals surface area (Å²) in [6, 6.07) is 0. The Morgan fingerprint density at radius 1 is 0.750 bits per heavy atom. The van der Waals surface area contributed by atoms with Crippen molar-refractivity contribution in [3.05, 3.63) is 67.3 Å².